The first-order valence-corrected chi connectivity index (χ1v) is 8.58. The van der Waals surface area contributed by atoms with Crippen molar-refractivity contribution in [2.24, 2.45) is 0 Å². The van der Waals surface area contributed by atoms with Gasteiger partial charge < -0.3 is 14.2 Å². The standard InChI is InChI=1S/C21H29NO3/c1-15(2)25-19-9-7-8-17(11-19)13-22(4)14-18-12-21(24-6)20(23-5)10-16(18)3/h7-12,15H,13-14H2,1-6H3. The maximum absolute atomic E-state index is 5.78. The molecule has 25 heavy (non-hydrogen) atoms. The van der Waals surface area contributed by atoms with E-state index in [-0.39, 0.29) is 6.10 Å². The second-order valence-corrected chi connectivity index (χ2v) is 6.62. The van der Waals surface area contributed by atoms with Crippen LogP contribution < -0.4 is 14.2 Å². The minimum Gasteiger partial charge on any atom is -0.493 e. The van der Waals surface area contributed by atoms with E-state index in [9.17, 15) is 0 Å². The van der Waals surface area contributed by atoms with Crippen molar-refractivity contribution < 1.29 is 14.2 Å². The number of nitrogens with zero attached hydrogens (tertiary/aromatic N) is 1. The fraction of sp³-hybridized carbons (Fsp3) is 0.429. The first-order valence-electron chi connectivity index (χ1n) is 8.58. The van der Waals surface area contributed by atoms with Gasteiger partial charge in [-0.15, -0.1) is 0 Å². The van der Waals surface area contributed by atoms with Gasteiger partial charge in [0.25, 0.3) is 0 Å². The molecule has 136 valence electrons. The molecular formula is C21H29NO3. The number of hydrogen-bond donors (Lipinski definition) is 0. The maximum atomic E-state index is 5.78. The van der Waals surface area contributed by atoms with E-state index < -0.39 is 0 Å². The van der Waals surface area contributed by atoms with Gasteiger partial charge >= 0.3 is 0 Å². The van der Waals surface area contributed by atoms with Gasteiger partial charge in [0.05, 0.1) is 20.3 Å². The molecule has 0 spiro atoms. The molecule has 0 radical (unpaired) electrons. The van der Waals surface area contributed by atoms with Crippen molar-refractivity contribution >= 4 is 0 Å². The van der Waals surface area contributed by atoms with E-state index in [1.165, 1.54) is 16.7 Å². The average Bonchev–Trinajstić information content (AvgIpc) is 2.55. The molecule has 0 unspecified atom stereocenters. The molecule has 0 atom stereocenters. The molecule has 0 bridgehead atoms. The summed E-state index contributed by atoms with van der Waals surface area (Å²) in [5, 5.41) is 0. The predicted octanol–water partition coefficient (Wildman–Crippen LogP) is 4.43. The van der Waals surface area contributed by atoms with Gasteiger partial charge in [0.15, 0.2) is 11.5 Å². The van der Waals surface area contributed by atoms with Crippen molar-refractivity contribution in [2.45, 2.75) is 40.0 Å². The van der Waals surface area contributed by atoms with Crippen LogP contribution in [0, 0.1) is 6.92 Å². The summed E-state index contributed by atoms with van der Waals surface area (Å²) in [4.78, 5) is 2.28. The summed E-state index contributed by atoms with van der Waals surface area (Å²) in [5.41, 5.74) is 3.66. The van der Waals surface area contributed by atoms with E-state index in [1.807, 2.05) is 32.0 Å². The Labute approximate surface area is 151 Å². The van der Waals surface area contributed by atoms with Gasteiger partial charge in [-0.25, -0.2) is 0 Å². The number of ether oxygens (including phenoxy) is 3. The molecule has 0 fully saturated rings. The smallest absolute Gasteiger partial charge is 0.161 e. The SMILES string of the molecule is COc1cc(C)c(CN(C)Cc2cccc(OC(C)C)c2)cc1OC. The summed E-state index contributed by atoms with van der Waals surface area (Å²) >= 11 is 0. The van der Waals surface area contributed by atoms with Crippen LogP contribution in [0.3, 0.4) is 0 Å². The Balaban J connectivity index is 2.09. The Morgan fingerprint density at radius 2 is 1.64 bits per heavy atom. The number of benzene rings is 2. The van der Waals surface area contributed by atoms with Gasteiger partial charge in [-0.2, -0.15) is 0 Å². The highest BCUT2D eigenvalue weighted by molar-refractivity contribution is 5.47. The van der Waals surface area contributed by atoms with E-state index in [4.69, 9.17) is 14.2 Å². The van der Waals surface area contributed by atoms with Gasteiger partial charge in [0.1, 0.15) is 5.75 Å². The predicted molar refractivity (Wildman–Crippen MR) is 102 cm³/mol. The van der Waals surface area contributed by atoms with Crippen LogP contribution in [0.1, 0.15) is 30.5 Å². The minimum atomic E-state index is 0.183. The molecule has 4 nitrogen and oxygen atoms in total. The van der Waals surface area contributed by atoms with E-state index >= 15 is 0 Å². The molecule has 2 rings (SSSR count). The zero-order valence-corrected chi connectivity index (χ0v) is 16.1. The van der Waals surface area contributed by atoms with Crippen molar-refractivity contribution in [3.63, 3.8) is 0 Å². The van der Waals surface area contributed by atoms with Crippen molar-refractivity contribution in [1.29, 1.82) is 0 Å². The molecule has 2 aromatic carbocycles. The van der Waals surface area contributed by atoms with Crippen LogP contribution in [-0.4, -0.2) is 32.3 Å². The highest BCUT2D eigenvalue weighted by Gasteiger charge is 2.11. The Bertz CT molecular complexity index is 698. The largest absolute Gasteiger partial charge is 0.493 e. The maximum Gasteiger partial charge on any atom is 0.161 e. The van der Waals surface area contributed by atoms with Crippen molar-refractivity contribution in [3.05, 3.63) is 53.1 Å². The third-order valence-electron chi connectivity index (χ3n) is 4.01. The summed E-state index contributed by atoms with van der Waals surface area (Å²) in [6.45, 7) is 7.87. The van der Waals surface area contributed by atoms with Crippen molar-refractivity contribution in [1.82, 2.24) is 4.90 Å². The van der Waals surface area contributed by atoms with Gasteiger partial charge in [-0.1, -0.05) is 12.1 Å². The monoisotopic (exact) mass is 343 g/mol. The number of aryl methyl sites for hydroxylation is 1. The Hall–Kier alpha value is -2.20. The summed E-state index contributed by atoms with van der Waals surface area (Å²) in [7, 11) is 5.45. The van der Waals surface area contributed by atoms with E-state index in [1.54, 1.807) is 14.2 Å². The van der Waals surface area contributed by atoms with Crippen LogP contribution in [0.2, 0.25) is 0 Å². The van der Waals surface area contributed by atoms with Gasteiger partial charge in [0.2, 0.25) is 0 Å². The summed E-state index contributed by atoms with van der Waals surface area (Å²) < 4.78 is 16.6. The lowest BCUT2D eigenvalue weighted by Gasteiger charge is -2.20. The fourth-order valence-electron chi connectivity index (χ4n) is 2.84. The van der Waals surface area contributed by atoms with Crippen LogP contribution in [0.4, 0.5) is 0 Å². The second kappa shape index (κ2) is 8.77. The fourth-order valence-corrected chi connectivity index (χ4v) is 2.84. The van der Waals surface area contributed by atoms with Crippen LogP contribution in [-0.2, 0) is 13.1 Å². The molecule has 4 heteroatoms. The molecule has 0 saturated carbocycles. The van der Waals surface area contributed by atoms with Crippen LogP contribution >= 0.6 is 0 Å². The highest BCUT2D eigenvalue weighted by Crippen LogP contribution is 2.31. The first-order chi connectivity index (χ1) is 11.9. The van der Waals surface area contributed by atoms with E-state index in [0.29, 0.717) is 0 Å². The van der Waals surface area contributed by atoms with Crippen molar-refractivity contribution in [2.75, 3.05) is 21.3 Å². The van der Waals surface area contributed by atoms with Crippen LogP contribution in [0.5, 0.6) is 17.2 Å². The second-order valence-electron chi connectivity index (χ2n) is 6.62. The molecule has 0 saturated heterocycles. The molecular weight excluding hydrogens is 314 g/mol. The third-order valence-corrected chi connectivity index (χ3v) is 4.01. The van der Waals surface area contributed by atoms with Crippen molar-refractivity contribution in [3.8, 4) is 17.2 Å². The van der Waals surface area contributed by atoms with E-state index in [2.05, 4.69) is 37.1 Å². The van der Waals surface area contributed by atoms with Gasteiger partial charge in [-0.3, -0.25) is 4.90 Å². The summed E-state index contributed by atoms with van der Waals surface area (Å²) in [6, 6.07) is 12.4. The lowest BCUT2D eigenvalue weighted by molar-refractivity contribution is 0.241. The Morgan fingerprint density at radius 1 is 0.960 bits per heavy atom. The number of hydrogen-bond acceptors (Lipinski definition) is 4. The van der Waals surface area contributed by atoms with Crippen LogP contribution in [0.25, 0.3) is 0 Å². The molecule has 0 amide bonds. The molecule has 0 aliphatic heterocycles. The Morgan fingerprint density at radius 3 is 2.28 bits per heavy atom. The quantitative estimate of drug-likeness (QED) is 0.709. The summed E-state index contributed by atoms with van der Waals surface area (Å²) in [6.07, 6.45) is 0.183. The van der Waals surface area contributed by atoms with E-state index in [0.717, 1.165) is 30.3 Å². The molecule has 0 aliphatic carbocycles. The molecule has 0 aromatic heterocycles. The third kappa shape index (κ3) is 5.40. The zero-order chi connectivity index (χ0) is 18.4. The number of methoxy groups -OCH3 is 2. The average molecular weight is 343 g/mol. The lowest BCUT2D eigenvalue weighted by atomic mass is 10.1. The Kier molecular flexibility index (Phi) is 6.71. The van der Waals surface area contributed by atoms with Crippen LogP contribution in [0.15, 0.2) is 36.4 Å². The molecule has 2 aromatic rings. The summed E-state index contributed by atoms with van der Waals surface area (Å²) in [5.74, 6) is 2.46. The highest BCUT2D eigenvalue weighted by atomic mass is 16.5. The normalized spacial score (nSPS) is 11.0. The van der Waals surface area contributed by atoms with Gasteiger partial charge in [-0.05, 0) is 68.8 Å². The van der Waals surface area contributed by atoms with Gasteiger partial charge in [0, 0.05) is 13.1 Å². The lowest BCUT2D eigenvalue weighted by Crippen LogP contribution is -2.18. The first kappa shape index (κ1) is 19.1. The molecule has 0 heterocycles. The molecule has 0 N–H and O–H groups in total. The zero-order valence-electron chi connectivity index (χ0n) is 16.1. The number of rotatable bonds is 8. The molecule has 0 aliphatic rings. The topological polar surface area (TPSA) is 30.9 Å². The minimum absolute atomic E-state index is 0.183.